The molecule has 1 aliphatic rings. The molecule has 0 radical (unpaired) electrons. The van der Waals surface area contributed by atoms with E-state index in [-0.39, 0.29) is 18.2 Å². The fourth-order valence-electron chi connectivity index (χ4n) is 3.42. The van der Waals surface area contributed by atoms with E-state index in [0.717, 1.165) is 16.5 Å². The van der Waals surface area contributed by atoms with Crippen molar-refractivity contribution in [2.45, 2.75) is 43.6 Å². The molecule has 5 heteroatoms. The average Bonchev–Trinajstić information content (AvgIpc) is 2.46. The van der Waals surface area contributed by atoms with E-state index in [1.807, 2.05) is 6.07 Å². The third-order valence-electron chi connectivity index (χ3n) is 4.57. The van der Waals surface area contributed by atoms with Crippen molar-refractivity contribution in [3.8, 4) is 0 Å². The second-order valence-electron chi connectivity index (χ2n) is 6.13. The van der Waals surface area contributed by atoms with Crippen LogP contribution in [0.3, 0.4) is 0 Å². The normalized spacial score (nSPS) is 25.3. The molecule has 0 atom stereocenters. The highest BCUT2D eigenvalue weighted by Gasteiger charge is 2.36. The number of fused-ring (bicyclic) bond motifs is 1. The molecule has 1 aromatic heterocycles. The van der Waals surface area contributed by atoms with E-state index >= 15 is 0 Å². The Labute approximate surface area is 127 Å². The first-order valence-electron chi connectivity index (χ1n) is 7.45. The number of carbonyl (C=O) groups is 1. The molecule has 116 valence electrons. The SMILES string of the molecule is O=C(O)CC1(O)CCC(c2ccnc3ccc(F)cc23)CC1. The van der Waals surface area contributed by atoms with E-state index in [4.69, 9.17) is 5.11 Å². The average molecular weight is 303 g/mol. The molecule has 0 spiro atoms. The number of carboxylic acid groups (broad SMARTS) is 1. The third kappa shape index (κ3) is 2.95. The molecule has 1 fully saturated rings. The Morgan fingerprint density at radius 1 is 1.32 bits per heavy atom. The number of aliphatic hydroxyl groups is 1. The molecule has 4 nitrogen and oxygen atoms in total. The summed E-state index contributed by atoms with van der Waals surface area (Å²) in [5.74, 6) is -1.07. The summed E-state index contributed by atoms with van der Waals surface area (Å²) in [6.45, 7) is 0. The van der Waals surface area contributed by atoms with Crippen LogP contribution in [0, 0.1) is 5.82 Å². The number of aliphatic carboxylic acids is 1. The van der Waals surface area contributed by atoms with E-state index in [1.54, 1.807) is 12.3 Å². The molecule has 1 aliphatic carbocycles. The van der Waals surface area contributed by atoms with E-state index in [9.17, 15) is 14.3 Å². The van der Waals surface area contributed by atoms with Crippen LogP contribution in [0.25, 0.3) is 10.9 Å². The predicted molar refractivity (Wildman–Crippen MR) is 80.1 cm³/mol. The summed E-state index contributed by atoms with van der Waals surface area (Å²) in [7, 11) is 0. The molecule has 22 heavy (non-hydrogen) atoms. The van der Waals surface area contributed by atoms with Crippen LogP contribution in [0.15, 0.2) is 30.5 Å². The smallest absolute Gasteiger partial charge is 0.306 e. The highest BCUT2D eigenvalue weighted by atomic mass is 19.1. The Morgan fingerprint density at radius 2 is 2.05 bits per heavy atom. The van der Waals surface area contributed by atoms with Crippen molar-refractivity contribution in [2.24, 2.45) is 0 Å². The van der Waals surface area contributed by atoms with Gasteiger partial charge in [0.1, 0.15) is 5.82 Å². The van der Waals surface area contributed by atoms with Crippen molar-refractivity contribution in [3.05, 3.63) is 41.8 Å². The minimum atomic E-state index is -1.11. The highest BCUT2D eigenvalue weighted by molar-refractivity contribution is 5.82. The van der Waals surface area contributed by atoms with Crippen LogP contribution in [0.5, 0.6) is 0 Å². The minimum absolute atomic E-state index is 0.196. The van der Waals surface area contributed by atoms with Gasteiger partial charge in [0.25, 0.3) is 0 Å². The summed E-state index contributed by atoms with van der Waals surface area (Å²) in [5, 5.41) is 20.0. The first kappa shape index (κ1) is 14.9. The lowest BCUT2D eigenvalue weighted by Crippen LogP contribution is -2.35. The second-order valence-corrected chi connectivity index (χ2v) is 6.13. The molecular formula is C17H18FNO3. The van der Waals surface area contributed by atoms with E-state index in [2.05, 4.69) is 4.98 Å². The van der Waals surface area contributed by atoms with E-state index in [0.29, 0.717) is 25.7 Å². The monoisotopic (exact) mass is 303 g/mol. The van der Waals surface area contributed by atoms with Gasteiger partial charge in [-0.1, -0.05) is 0 Å². The molecule has 3 rings (SSSR count). The molecule has 2 aromatic rings. The van der Waals surface area contributed by atoms with Crippen LogP contribution < -0.4 is 0 Å². The summed E-state index contributed by atoms with van der Waals surface area (Å²) in [4.78, 5) is 15.1. The summed E-state index contributed by atoms with van der Waals surface area (Å²) in [6, 6.07) is 6.45. The number of halogens is 1. The van der Waals surface area contributed by atoms with Gasteiger partial charge in [0.05, 0.1) is 17.5 Å². The fraction of sp³-hybridized carbons (Fsp3) is 0.412. The molecule has 0 saturated heterocycles. The van der Waals surface area contributed by atoms with Crippen LogP contribution in [-0.4, -0.2) is 26.8 Å². The molecule has 1 aromatic carbocycles. The van der Waals surface area contributed by atoms with Crippen LogP contribution in [0.1, 0.15) is 43.6 Å². The Hall–Kier alpha value is -2.01. The number of carboxylic acids is 1. The summed E-state index contributed by atoms with van der Waals surface area (Å²) in [5.41, 5.74) is 0.670. The Kier molecular flexibility index (Phi) is 3.83. The van der Waals surface area contributed by atoms with Gasteiger partial charge in [-0.3, -0.25) is 9.78 Å². The number of pyridine rings is 1. The lowest BCUT2D eigenvalue weighted by Gasteiger charge is -2.35. The number of rotatable bonds is 3. The van der Waals surface area contributed by atoms with E-state index < -0.39 is 11.6 Å². The maximum absolute atomic E-state index is 13.5. The zero-order valence-corrected chi connectivity index (χ0v) is 12.1. The van der Waals surface area contributed by atoms with Gasteiger partial charge in [-0.15, -0.1) is 0 Å². The predicted octanol–water partition coefficient (Wildman–Crippen LogP) is 3.24. The Morgan fingerprint density at radius 3 is 2.73 bits per heavy atom. The Bertz CT molecular complexity index is 708. The number of benzene rings is 1. The van der Waals surface area contributed by atoms with Gasteiger partial charge in [-0.2, -0.15) is 0 Å². The highest BCUT2D eigenvalue weighted by Crippen LogP contribution is 2.41. The molecule has 1 saturated carbocycles. The standard InChI is InChI=1S/C17H18FNO3/c18-12-1-2-15-14(9-12)13(5-8-19-15)11-3-6-17(22,7-4-11)10-16(20)21/h1-2,5,8-9,11,22H,3-4,6-7,10H2,(H,20,21). The summed E-state index contributed by atoms with van der Waals surface area (Å²) >= 11 is 0. The fourth-order valence-corrected chi connectivity index (χ4v) is 3.42. The van der Waals surface area contributed by atoms with Crippen molar-refractivity contribution in [1.82, 2.24) is 4.98 Å². The maximum Gasteiger partial charge on any atom is 0.306 e. The van der Waals surface area contributed by atoms with Gasteiger partial charge in [0.15, 0.2) is 0 Å². The van der Waals surface area contributed by atoms with Crippen LogP contribution in [-0.2, 0) is 4.79 Å². The van der Waals surface area contributed by atoms with Crippen molar-refractivity contribution < 1.29 is 19.4 Å². The van der Waals surface area contributed by atoms with Gasteiger partial charge < -0.3 is 10.2 Å². The second kappa shape index (κ2) is 5.65. The van der Waals surface area contributed by atoms with Crippen molar-refractivity contribution in [3.63, 3.8) is 0 Å². The Balaban J connectivity index is 1.85. The molecule has 0 unspecified atom stereocenters. The van der Waals surface area contributed by atoms with Crippen molar-refractivity contribution in [2.75, 3.05) is 0 Å². The number of aromatic nitrogens is 1. The van der Waals surface area contributed by atoms with Crippen molar-refractivity contribution >= 4 is 16.9 Å². The van der Waals surface area contributed by atoms with Gasteiger partial charge in [-0.25, -0.2) is 4.39 Å². The topological polar surface area (TPSA) is 70.4 Å². The largest absolute Gasteiger partial charge is 0.481 e. The number of nitrogens with zero attached hydrogens (tertiary/aromatic N) is 1. The van der Waals surface area contributed by atoms with Gasteiger partial charge in [-0.05, 0) is 61.4 Å². The maximum atomic E-state index is 13.5. The molecular weight excluding hydrogens is 285 g/mol. The van der Waals surface area contributed by atoms with Gasteiger partial charge >= 0.3 is 5.97 Å². The molecule has 0 amide bonds. The zero-order chi connectivity index (χ0) is 15.7. The minimum Gasteiger partial charge on any atom is -0.481 e. The molecule has 0 bridgehead atoms. The zero-order valence-electron chi connectivity index (χ0n) is 12.1. The lowest BCUT2D eigenvalue weighted by atomic mass is 9.74. The van der Waals surface area contributed by atoms with Crippen LogP contribution in [0.2, 0.25) is 0 Å². The third-order valence-corrected chi connectivity index (χ3v) is 4.57. The molecule has 0 aliphatic heterocycles. The van der Waals surface area contributed by atoms with Crippen LogP contribution >= 0.6 is 0 Å². The van der Waals surface area contributed by atoms with Crippen LogP contribution in [0.4, 0.5) is 4.39 Å². The van der Waals surface area contributed by atoms with E-state index in [1.165, 1.54) is 12.1 Å². The first-order chi connectivity index (χ1) is 10.5. The number of hydrogen-bond donors (Lipinski definition) is 2. The molecule has 2 N–H and O–H groups in total. The number of hydrogen-bond acceptors (Lipinski definition) is 3. The molecule has 1 heterocycles. The van der Waals surface area contributed by atoms with Gasteiger partial charge in [0.2, 0.25) is 0 Å². The van der Waals surface area contributed by atoms with Crippen molar-refractivity contribution in [1.29, 1.82) is 0 Å². The lowest BCUT2D eigenvalue weighted by molar-refractivity contribution is -0.144. The summed E-state index contributed by atoms with van der Waals surface area (Å²) in [6.07, 6.45) is 3.78. The quantitative estimate of drug-likeness (QED) is 0.913. The van der Waals surface area contributed by atoms with Gasteiger partial charge in [0, 0.05) is 11.6 Å². The first-order valence-corrected chi connectivity index (χ1v) is 7.45. The summed E-state index contributed by atoms with van der Waals surface area (Å²) < 4.78 is 13.5.